The second kappa shape index (κ2) is 9.25. The first-order chi connectivity index (χ1) is 13.0. The molecule has 3 aromatic rings. The van der Waals surface area contributed by atoms with Gasteiger partial charge >= 0.3 is 0 Å². The Labute approximate surface area is 171 Å². The first-order valence-electron chi connectivity index (χ1n) is 8.28. The average Bonchev–Trinajstić information content (AvgIpc) is 3.10. The van der Waals surface area contributed by atoms with Crippen molar-refractivity contribution in [3.63, 3.8) is 0 Å². The van der Waals surface area contributed by atoms with Crippen LogP contribution in [0.15, 0.2) is 51.7 Å². The third-order valence-electron chi connectivity index (χ3n) is 3.74. The predicted octanol–water partition coefficient (Wildman–Crippen LogP) is 5.35. The van der Waals surface area contributed by atoms with Gasteiger partial charge in [0.2, 0.25) is 11.0 Å². The van der Waals surface area contributed by atoms with Crippen molar-refractivity contribution in [2.24, 2.45) is 0 Å². The van der Waals surface area contributed by atoms with Gasteiger partial charge in [0.05, 0.1) is 11.4 Å². The van der Waals surface area contributed by atoms with E-state index >= 15 is 0 Å². The predicted molar refractivity (Wildman–Crippen MR) is 117 cm³/mol. The van der Waals surface area contributed by atoms with Crippen molar-refractivity contribution in [1.29, 1.82) is 0 Å². The molecule has 0 unspecified atom stereocenters. The molecule has 2 aromatic carbocycles. The fourth-order valence-corrected chi connectivity index (χ4v) is 4.57. The second-order valence-corrected chi connectivity index (χ2v) is 8.90. The van der Waals surface area contributed by atoms with Crippen molar-refractivity contribution in [2.45, 2.75) is 23.1 Å². The Morgan fingerprint density at radius 2 is 1.93 bits per heavy atom. The lowest BCUT2D eigenvalue weighted by molar-refractivity contribution is -0.113. The zero-order valence-electron chi connectivity index (χ0n) is 15.3. The Bertz CT molecular complexity index is 942. The van der Waals surface area contributed by atoms with Gasteiger partial charge in [-0.3, -0.25) is 4.79 Å². The van der Waals surface area contributed by atoms with Gasteiger partial charge in [-0.2, -0.15) is 0 Å². The maximum Gasteiger partial charge on any atom is 0.234 e. The summed E-state index contributed by atoms with van der Waals surface area (Å²) >= 11 is 4.44. The van der Waals surface area contributed by atoms with Gasteiger partial charge in [0.25, 0.3) is 0 Å². The van der Waals surface area contributed by atoms with E-state index in [0.717, 1.165) is 31.3 Å². The van der Waals surface area contributed by atoms with Crippen molar-refractivity contribution in [3.8, 4) is 0 Å². The van der Waals surface area contributed by atoms with Gasteiger partial charge in [0.15, 0.2) is 4.34 Å². The summed E-state index contributed by atoms with van der Waals surface area (Å²) in [7, 11) is 0. The zero-order chi connectivity index (χ0) is 19.2. The van der Waals surface area contributed by atoms with Crippen LogP contribution in [-0.4, -0.2) is 28.1 Å². The first-order valence-corrected chi connectivity index (χ1v) is 11.3. The minimum absolute atomic E-state index is 0.0550. The molecule has 0 saturated carbocycles. The molecule has 5 nitrogen and oxygen atoms in total. The summed E-state index contributed by atoms with van der Waals surface area (Å²) in [5.41, 5.74) is 4.23. The molecule has 0 bridgehead atoms. The smallest absolute Gasteiger partial charge is 0.234 e. The largest absolute Gasteiger partial charge is 0.330 e. The lowest BCUT2D eigenvalue weighted by Crippen LogP contribution is -2.14. The number of para-hydroxylation sites is 1. The monoisotopic (exact) mass is 416 g/mol. The van der Waals surface area contributed by atoms with Gasteiger partial charge in [0, 0.05) is 10.6 Å². The Morgan fingerprint density at radius 1 is 1.11 bits per heavy atom. The third kappa shape index (κ3) is 5.47. The highest BCUT2D eigenvalue weighted by atomic mass is 32.2. The number of amides is 1. The van der Waals surface area contributed by atoms with Gasteiger partial charge in [-0.05, 0) is 43.9 Å². The SMILES string of the molecule is CSc1ccccc1NC(=O)CSc1nnc(Nc2ccc(C)cc2C)s1. The molecule has 140 valence electrons. The van der Waals surface area contributed by atoms with E-state index in [9.17, 15) is 4.79 Å². The van der Waals surface area contributed by atoms with Crippen LogP contribution >= 0.6 is 34.9 Å². The Kier molecular flexibility index (Phi) is 6.76. The zero-order valence-corrected chi connectivity index (χ0v) is 17.7. The molecule has 0 aliphatic rings. The highest BCUT2D eigenvalue weighted by Gasteiger charge is 2.11. The quantitative estimate of drug-likeness (QED) is 0.506. The first kappa shape index (κ1) is 19.7. The molecule has 27 heavy (non-hydrogen) atoms. The Morgan fingerprint density at radius 3 is 2.70 bits per heavy atom. The van der Waals surface area contributed by atoms with E-state index in [1.54, 1.807) is 11.8 Å². The van der Waals surface area contributed by atoms with Crippen molar-refractivity contribution in [3.05, 3.63) is 53.6 Å². The molecule has 0 saturated heterocycles. The maximum absolute atomic E-state index is 12.2. The summed E-state index contributed by atoms with van der Waals surface area (Å²) in [4.78, 5) is 13.3. The number of hydrogen-bond donors (Lipinski definition) is 2. The molecule has 0 aliphatic heterocycles. The van der Waals surface area contributed by atoms with Crippen molar-refractivity contribution >= 4 is 57.3 Å². The van der Waals surface area contributed by atoms with Crippen LogP contribution in [0.25, 0.3) is 0 Å². The summed E-state index contributed by atoms with van der Waals surface area (Å²) in [6, 6.07) is 14.0. The number of nitrogens with zero attached hydrogens (tertiary/aromatic N) is 2. The minimum atomic E-state index is -0.0550. The number of anilines is 3. The molecule has 1 aromatic heterocycles. The highest BCUT2D eigenvalue weighted by molar-refractivity contribution is 8.01. The molecule has 0 aliphatic carbocycles. The number of thioether (sulfide) groups is 2. The third-order valence-corrected chi connectivity index (χ3v) is 6.51. The molecular formula is C19H20N4OS3. The van der Waals surface area contributed by atoms with Crippen molar-refractivity contribution in [1.82, 2.24) is 10.2 Å². The van der Waals surface area contributed by atoms with E-state index in [0.29, 0.717) is 5.75 Å². The number of nitrogens with one attached hydrogen (secondary N) is 2. The Hall–Kier alpha value is -2.03. The van der Waals surface area contributed by atoms with Crippen LogP contribution in [0.4, 0.5) is 16.5 Å². The van der Waals surface area contributed by atoms with E-state index < -0.39 is 0 Å². The molecule has 1 heterocycles. The maximum atomic E-state index is 12.2. The number of carbonyl (C=O) groups excluding carboxylic acids is 1. The van der Waals surface area contributed by atoms with Crippen LogP contribution in [0, 0.1) is 13.8 Å². The number of benzene rings is 2. The van der Waals surface area contributed by atoms with Gasteiger partial charge < -0.3 is 10.6 Å². The molecule has 1 amide bonds. The number of aromatic nitrogens is 2. The molecular weight excluding hydrogens is 396 g/mol. The van der Waals surface area contributed by atoms with Crippen LogP contribution in [-0.2, 0) is 4.79 Å². The molecule has 0 atom stereocenters. The van der Waals surface area contributed by atoms with Crippen LogP contribution in [0.1, 0.15) is 11.1 Å². The van der Waals surface area contributed by atoms with E-state index in [-0.39, 0.29) is 5.91 Å². The van der Waals surface area contributed by atoms with Gasteiger partial charge in [0.1, 0.15) is 0 Å². The normalized spacial score (nSPS) is 10.6. The van der Waals surface area contributed by atoms with E-state index in [4.69, 9.17) is 0 Å². The number of hydrogen-bond acceptors (Lipinski definition) is 7. The van der Waals surface area contributed by atoms with Crippen molar-refractivity contribution in [2.75, 3.05) is 22.6 Å². The summed E-state index contributed by atoms with van der Waals surface area (Å²) in [6.45, 7) is 4.13. The van der Waals surface area contributed by atoms with E-state index in [1.165, 1.54) is 28.7 Å². The summed E-state index contributed by atoms with van der Waals surface area (Å²) < 4.78 is 0.760. The highest BCUT2D eigenvalue weighted by Crippen LogP contribution is 2.29. The van der Waals surface area contributed by atoms with Crippen LogP contribution in [0.2, 0.25) is 0 Å². The number of aryl methyl sites for hydroxylation is 2. The van der Waals surface area contributed by atoms with Crippen LogP contribution < -0.4 is 10.6 Å². The molecule has 0 radical (unpaired) electrons. The number of rotatable bonds is 7. The van der Waals surface area contributed by atoms with E-state index in [1.807, 2.05) is 36.6 Å². The molecule has 0 spiro atoms. The minimum Gasteiger partial charge on any atom is -0.330 e. The topological polar surface area (TPSA) is 66.9 Å². The van der Waals surface area contributed by atoms with E-state index in [2.05, 4.69) is 46.8 Å². The standard InChI is InChI=1S/C19H20N4OS3/c1-12-8-9-14(13(2)10-12)21-18-22-23-19(27-18)26-11-17(24)20-15-6-4-5-7-16(15)25-3/h4-10H,11H2,1-3H3,(H,20,24)(H,21,22). The lowest BCUT2D eigenvalue weighted by Gasteiger charge is -2.08. The fourth-order valence-electron chi connectivity index (χ4n) is 2.45. The van der Waals surface area contributed by atoms with Crippen molar-refractivity contribution < 1.29 is 4.79 Å². The average molecular weight is 417 g/mol. The van der Waals surface area contributed by atoms with Crippen LogP contribution in [0.5, 0.6) is 0 Å². The lowest BCUT2D eigenvalue weighted by atomic mass is 10.1. The van der Waals surface area contributed by atoms with Gasteiger partial charge in [-0.25, -0.2) is 0 Å². The second-order valence-electron chi connectivity index (χ2n) is 5.85. The molecule has 8 heteroatoms. The Balaban J connectivity index is 1.55. The van der Waals surface area contributed by atoms with Crippen LogP contribution in [0.3, 0.4) is 0 Å². The van der Waals surface area contributed by atoms with Gasteiger partial charge in [-0.1, -0.05) is 52.9 Å². The summed E-state index contributed by atoms with van der Waals surface area (Å²) in [5.74, 6) is 0.238. The summed E-state index contributed by atoms with van der Waals surface area (Å²) in [5, 5.41) is 15.3. The number of carbonyl (C=O) groups is 1. The molecule has 0 fully saturated rings. The molecule has 2 N–H and O–H groups in total. The molecule has 3 rings (SSSR count). The summed E-state index contributed by atoms with van der Waals surface area (Å²) in [6.07, 6.45) is 1.99. The van der Waals surface area contributed by atoms with Gasteiger partial charge in [-0.15, -0.1) is 22.0 Å². The fraction of sp³-hybridized carbons (Fsp3) is 0.211.